The van der Waals surface area contributed by atoms with Gasteiger partial charge in [0.15, 0.2) is 5.78 Å². The van der Waals surface area contributed by atoms with Gasteiger partial charge in [0, 0.05) is 43.5 Å². The molecule has 1 heterocycles. The van der Waals surface area contributed by atoms with Crippen molar-refractivity contribution < 1.29 is 18.3 Å². The number of rotatable bonds is 4. The van der Waals surface area contributed by atoms with Crippen LogP contribution in [0.4, 0.5) is 0 Å². The molecule has 0 unspecified atom stereocenters. The predicted octanol–water partition coefficient (Wildman–Crippen LogP) is 10.7. The van der Waals surface area contributed by atoms with Crippen molar-refractivity contribution in [2.75, 3.05) is 7.05 Å². The number of nitrogens with one attached hydrogen (secondary N) is 2. The van der Waals surface area contributed by atoms with Crippen molar-refractivity contribution in [3.05, 3.63) is 131 Å². The molecule has 1 aliphatic heterocycles. The van der Waals surface area contributed by atoms with Crippen molar-refractivity contribution in [2.45, 2.75) is 134 Å². The lowest BCUT2D eigenvalue weighted by atomic mass is 9.75. The maximum absolute atomic E-state index is 12.1. The van der Waals surface area contributed by atoms with Crippen LogP contribution in [0.5, 0.6) is 0 Å². The zero-order valence-electron chi connectivity index (χ0n) is 35.6. The summed E-state index contributed by atoms with van der Waals surface area (Å²) in [6.45, 7) is 14.4. The zero-order chi connectivity index (χ0) is 42.9. The van der Waals surface area contributed by atoms with Gasteiger partial charge < -0.3 is 20.4 Å². The quantitative estimate of drug-likeness (QED) is 0.176. The molecule has 4 atom stereocenters. The Bertz CT molecular complexity index is 2180. The highest BCUT2D eigenvalue weighted by atomic mass is 79.9. The minimum Gasteiger partial charge on any atom is -0.399 e. The van der Waals surface area contributed by atoms with Crippen LogP contribution in [0.2, 0.25) is 0 Å². The van der Waals surface area contributed by atoms with Gasteiger partial charge in [-0.1, -0.05) is 102 Å². The highest BCUT2D eigenvalue weighted by Crippen LogP contribution is 2.39. The molecule has 1 fully saturated rings. The van der Waals surface area contributed by atoms with Gasteiger partial charge in [-0.2, -0.15) is 0 Å². The summed E-state index contributed by atoms with van der Waals surface area (Å²) >= 11 is 10.5. The molecule has 0 saturated carbocycles. The van der Waals surface area contributed by atoms with E-state index in [-0.39, 0.29) is 40.9 Å². The van der Waals surface area contributed by atoms with Crippen LogP contribution in [0, 0.1) is 0 Å². The molecule has 4 aliphatic carbocycles. The molecule has 9 rings (SSSR count). The Labute approximate surface area is 380 Å². The molecule has 7 nitrogen and oxygen atoms in total. The van der Waals surface area contributed by atoms with E-state index in [0.29, 0.717) is 12.5 Å². The van der Waals surface area contributed by atoms with Crippen LogP contribution in [0.1, 0.15) is 142 Å². The summed E-state index contributed by atoms with van der Waals surface area (Å²) in [6, 6.07) is 25.7. The van der Waals surface area contributed by atoms with Gasteiger partial charge in [0.1, 0.15) is 0 Å². The Morgan fingerprint density at radius 3 is 1.75 bits per heavy atom. The summed E-state index contributed by atoms with van der Waals surface area (Å²) in [5.41, 5.74) is 16.8. The van der Waals surface area contributed by atoms with Crippen molar-refractivity contribution in [3.8, 4) is 0 Å². The summed E-state index contributed by atoms with van der Waals surface area (Å²) < 4.78 is 31.0. The first-order valence-electron chi connectivity index (χ1n) is 20.8. The van der Waals surface area contributed by atoms with Gasteiger partial charge in [0.2, 0.25) is 0 Å². The van der Waals surface area contributed by atoms with E-state index in [0.717, 1.165) is 55.0 Å². The van der Waals surface area contributed by atoms with Gasteiger partial charge in [-0.3, -0.25) is 4.79 Å². The molecule has 0 bridgehead atoms. The molecule has 4 aromatic rings. The molecular formula is C47H59BBr3N3O4S. The Morgan fingerprint density at radius 2 is 1.17 bits per heavy atom. The van der Waals surface area contributed by atoms with E-state index in [1.807, 2.05) is 58.2 Å². The minimum atomic E-state index is -1.01. The predicted molar refractivity (Wildman–Crippen MR) is 255 cm³/mol. The SMILES string of the molecule is CC(C)(C)[S@@](=O)N[C@@H]1CCc2c(Br)cccc21.CN[C@@H]1CCc2c(B3OC(C)(C)C(C)(C)O3)cccc21.N[C@@H]1CCc2c(Br)cccc21.O=C1CCc2c(Br)cccc21. The number of benzene rings is 4. The lowest BCUT2D eigenvalue weighted by Gasteiger charge is -2.32. The average molecular weight is 1010 g/mol. The van der Waals surface area contributed by atoms with Crippen LogP contribution in [-0.2, 0) is 46.0 Å². The largest absolute Gasteiger partial charge is 0.495 e. The van der Waals surface area contributed by atoms with Crippen LogP contribution in [-0.4, -0.2) is 40.1 Å². The van der Waals surface area contributed by atoms with Crippen LogP contribution >= 0.6 is 47.8 Å². The molecule has 0 aromatic heterocycles. The maximum atomic E-state index is 12.1. The van der Waals surface area contributed by atoms with Gasteiger partial charge in [-0.25, -0.2) is 8.93 Å². The fourth-order valence-corrected chi connectivity index (χ4v) is 10.9. The summed E-state index contributed by atoms with van der Waals surface area (Å²) in [5, 5.41) is 3.39. The first-order chi connectivity index (χ1) is 27.8. The number of carbonyl (C=O) groups is 1. The van der Waals surface area contributed by atoms with Crippen LogP contribution in [0.15, 0.2) is 86.2 Å². The van der Waals surface area contributed by atoms with Crippen LogP contribution in [0.25, 0.3) is 0 Å². The van der Waals surface area contributed by atoms with Gasteiger partial charge in [-0.05, 0) is 163 Å². The molecule has 12 heteroatoms. The number of halogens is 3. The number of nitrogens with two attached hydrogens (primary N) is 1. The van der Waals surface area contributed by atoms with Crippen molar-refractivity contribution >= 4 is 77.1 Å². The summed E-state index contributed by atoms with van der Waals surface area (Å²) in [5.74, 6) is 0.279. The topological polar surface area (TPSA) is 103 Å². The smallest absolute Gasteiger partial charge is 0.399 e. The zero-order valence-corrected chi connectivity index (χ0v) is 41.2. The van der Waals surface area contributed by atoms with E-state index in [9.17, 15) is 9.00 Å². The Morgan fingerprint density at radius 1 is 0.678 bits per heavy atom. The molecule has 4 N–H and O–H groups in total. The highest BCUT2D eigenvalue weighted by molar-refractivity contribution is 9.11. The molecule has 316 valence electrons. The van der Waals surface area contributed by atoms with E-state index < -0.39 is 11.0 Å². The third kappa shape index (κ3) is 10.5. The monoisotopic (exact) mass is 1010 g/mol. The number of Topliss-reactive ketones (excluding diaryl/α,β-unsaturated/α-hetero) is 1. The van der Waals surface area contributed by atoms with Gasteiger partial charge in [0.05, 0.1) is 26.9 Å². The van der Waals surface area contributed by atoms with Crippen molar-refractivity contribution in [2.24, 2.45) is 5.73 Å². The van der Waals surface area contributed by atoms with Gasteiger partial charge >= 0.3 is 7.12 Å². The van der Waals surface area contributed by atoms with Crippen molar-refractivity contribution in [1.82, 2.24) is 10.0 Å². The fraction of sp³-hybridized carbons (Fsp3) is 0.468. The first-order valence-corrected chi connectivity index (χ1v) is 24.3. The molecule has 0 radical (unpaired) electrons. The maximum Gasteiger partial charge on any atom is 0.495 e. The molecule has 1 saturated heterocycles. The molecule has 59 heavy (non-hydrogen) atoms. The lowest BCUT2D eigenvalue weighted by molar-refractivity contribution is 0.00578. The van der Waals surface area contributed by atoms with E-state index in [2.05, 4.69) is 128 Å². The normalized spacial score (nSPS) is 22.1. The second-order valence-electron chi connectivity index (χ2n) is 17.9. The second-order valence-corrected chi connectivity index (χ2v) is 22.5. The Balaban J connectivity index is 0.000000136. The number of hydrogen-bond donors (Lipinski definition) is 3. The lowest BCUT2D eigenvalue weighted by Crippen LogP contribution is -2.41. The molecule has 0 spiro atoms. The third-order valence-electron chi connectivity index (χ3n) is 12.5. The Kier molecular flexibility index (Phi) is 15.1. The number of carbonyl (C=O) groups excluding carboxylic acids is 1. The summed E-state index contributed by atoms with van der Waals surface area (Å²) in [4.78, 5) is 11.2. The van der Waals surface area contributed by atoms with E-state index in [4.69, 9.17) is 15.0 Å². The molecule has 5 aliphatic rings. The molecule has 4 aromatic carbocycles. The van der Waals surface area contributed by atoms with Crippen LogP contribution < -0.4 is 21.2 Å². The van der Waals surface area contributed by atoms with E-state index in [1.54, 1.807) is 0 Å². The Hall–Kier alpha value is -2.00. The number of ketones is 1. The van der Waals surface area contributed by atoms with Crippen molar-refractivity contribution in [1.29, 1.82) is 0 Å². The number of hydrogen-bond acceptors (Lipinski definition) is 6. The average Bonchev–Trinajstić information content (AvgIpc) is 4.01. The van der Waals surface area contributed by atoms with E-state index in [1.165, 1.54) is 53.4 Å². The molecule has 0 amide bonds. The first kappa shape index (κ1) is 46.5. The van der Waals surface area contributed by atoms with Gasteiger partial charge in [0.25, 0.3) is 0 Å². The number of fused-ring (bicyclic) bond motifs is 4. The second kappa shape index (κ2) is 19.2. The fourth-order valence-electron chi connectivity index (χ4n) is 8.30. The van der Waals surface area contributed by atoms with Crippen molar-refractivity contribution in [3.63, 3.8) is 0 Å². The van der Waals surface area contributed by atoms with E-state index >= 15 is 0 Å². The summed E-state index contributed by atoms with van der Waals surface area (Å²) in [7, 11) is 0.778. The minimum absolute atomic E-state index is 0.214. The standard InChI is InChI=1S/C16H24BNO2.C13H18BrNOS.C9H10BrN.C9H7BrO/c1-15(2)16(3,4)20-17(19-15)13-8-6-7-12-11(13)9-10-14(12)18-5;1-13(2,3)17(16)15-12-8-7-9-10(12)5-4-6-11(9)14;2*10-8-3-1-2-7-6(8)4-5-9(7)11/h6-8,14,18H,9-10H2,1-5H3;4-6,12,15H,7-8H2,1-3H3;1-3,9H,4-5,11H2;1-3H,4-5H2/t14-;12-,17-;9-;/m111./s1. The van der Waals surface area contributed by atoms with Gasteiger partial charge in [-0.15, -0.1) is 0 Å². The van der Waals surface area contributed by atoms with Crippen LogP contribution in [0.3, 0.4) is 0 Å². The summed E-state index contributed by atoms with van der Waals surface area (Å²) in [6.07, 6.45) is 8.13. The third-order valence-corrected chi connectivity index (χ3v) is 16.3. The molecular weight excluding hydrogens is 953 g/mol. The highest BCUT2D eigenvalue weighted by Gasteiger charge is 2.52.